The molecule has 1 nitrogen and oxygen atoms in total. The zero-order valence-corrected chi connectivity index (χ0v) is 11.5. The molecule has 0 saturated carbocycles. The number of aryl methyl sites for hydroxylation is 2. The van der Waals surface area contributed by atoms with Crippen molar-refractivity contribution in [1.29, 1.82) is 0 Å². The fourth-order valence-electron chi connectivity index (χ4n) is 2.06. The molecule has 0 radical (unpaired) electrons. The van der Waals surface area contributed by atoms with Crippen molar-refractivity contribution in [1.82, 2.24) is 0 Å². The third-order valence-electron chi connectivity index (χ3n) is 2.89. The molecule has 0 spiro atoms. The van der Waals surface area contributed by atoms with E-state index in [4.69, 9.17) is 5.32 Å². The van der Waals surface area contributed by atoms with Gasteiger partial charge in [-0.2, -0.15) is 0 Å². The number of nitrogens with zero attached hydrogens (tertiary/aromatic N) is 1. The van der Waals surface area contributed by atoms with Crippen LogP contribution in [0.15, 0.2) is 48.5 Å². The van der Waals surface area contributed by atoms with Gasteiger partial charge in [0.1, 0.15) is 0 Å². The molecule has 84 valence electrons. The van der Waals surface area contributed by atoms with Gasteiger partial charge >= 0.3 is 21.7 Å². The molecule has 0 fully saturated rings. The average Bonchev–Trinajstić information content (AvgIpc) is 2.48. The smallest absolute Gasteiger partial charge is 0.657 e. The second-order valence-corrected chi connectivity index (χ2v) is 3.87. The Balaban J connectivity index is 0.000000722. The Morgan fingerprint density at radius 2 is 1.12 bits per heavy atom. The summed E-state index contributed by atoms with van der Waals surface area (Å²) in [6.07, 6.45) is 2.19. The molecule has 2 aromatic carbocycles. The monoisotopic (exact) mass is 257 g/mol. The molecule has 0 aromatic heterocycles. The largest absolute Gasteiger partial charge is 2.00 e. The Bertz CT molecular complexity index is 448. The predicted molar refractivity (Wildman–Crippen MR) is 69.4 cm³/mol. The first-order chi connectivity index (χ1) is 7.43. The zero-order valence-electron chi connectivity index (χ0n) is 9.98. The molecule has 0 N–H and O–H groups in total. The summed E-state index contributed by atoms with van der Waals surface area (Å²) < 4.78 is 0. The van der Waals surface area contributed by atoms with Gasteiger partial charge in [-0.15, -0.1) is 11.4 Å². The van der Waals surface area contributed by atoms with Crippen molar-refractivity contribution in [3.05, 3.63) is 72.4 Å². The number of benzene rings is 2. The van der Waals surface area contributed by atoms with Crippen LogP contribution in [0.5, 0.6) is 0 Å². The van der Waals surface area contributed by atoms with Crippen LogP contribution >= 0.6 is 0 Å². The van der Waals surface area contributed by atoms with Crippen LogP contribution < -0.4 is 0 Å². The van der Waals surface area contributed by atoms with Crippen LogP contribution in [0.25, 0.3) is 5.32 Å². The maximum absolute atomic E-state index is 4.70. The van der Waals surface area contributed by atoms with Crippen molar-refractivity contribution in [2.45, 2.75) is 12.8 Å². The van der Waals surface area contributed by atoms with Crippen molar-refractivity contribution in [3.63, 3.8) is 0 Å². The minimum atomic E-state index is 0. The summed E-state index contributed by atoms with van der Waals surface area (Å²) in [4.78, 5) is 0. The third-order valence-corrected chi connectivity index (χ3v) is 2.89. The molecule has 0 saturated heterocycles. The van der Waals surface area contributed by atoms with Gasteiger partial charge in [0.25, 0.3) is 0 Å². The maximum Gasteiger partial charge on any atom is 2.00 e. The van der Waals surface area contributed by atoms with E-state index in [2.05, 4.69) is 48.5 Å². The molecule has 0 aliphatic carbocycles. The van der Waals surface area contributed by atoms with Crippen LogP contribution in [0.3, 0.4) is 0 Å². The molecule has 3 rings (SSSR count). The number of fused-ring (bicyclic) bond motifs is 2. The summed E-state index contributed by atoms with van der Waals surface area (Å²) in [6.45, 7) is 0. The fourth-order valence-corrected chi connectivity index (χ4v) is 2.06. The molecule has 1 aliphatic rings. The van der Waals surface area contributed by atoms with E-state index in [1.165, 1.54) is 11.1 Å². The normalized spacial score (nSPS) is 11.8. The fraction of sp³-hybridized carbons (Fsp3) is 0.133. The Kier molecular flexibility index (Phi) is 4.98. The molecule has 2 aromatic rings. The molecule has 1 aliphatic heterocycles. The molecule has 17 heavy (non-hydrogen) atoms. The van der Waals surface area contributed by atoms with Crippen molar-refractivity contribution >= 4 is 11.4 Å². The number of rotatable bonds is 0. The zero-order chi connectivity index (χ0) is 10.1. The predicted octanol–water partition coefficient (Wildman–Crippen LogP) is 4.57. The number of hydrogen-bond acceptors (Lipinski definition) is 0. The van der Waals surface area contributed by atoms with E-state index < -0.39 is 0 Å². The Morgan fingerprint density at radius 1 is 0.706 bits per heavy atom. The second-order valence-electron chi connectivity index (χ2n) is 3.87. The molecular formula is C15H15NTi. The van der Waals surface area contributed by atoms with Crippen LogP contribution in [-0.2, 0) is 34.6 Å². The summed E-state index contributed by atoms with van der Waals surface area (Å²) in [5, 5.41) is 4.70. The molecule has 0 amide bonds. The first-order valence-electron chi connectivity index (χ1n) is 5.31. The second kappa shape index (κ2) is 6.04. The Labute approximate surface area is 118 Å². The molecule has 0 bridgehead atoms. The van der Waals surface area contributed by atoms with Gasteiger partial charge in [-0.3, -0.25) is 0 Å². The van der Waals surface area contributed by atoms with Gasteiger partial charge in [0.2, 0.25) is 0 Å². The molecule has 1 heterocycles. The minimum Gasteiger partial charge on any atom is -0.657 e. The summed E-state index contributed by atoms with van der Waals surface area (Å²) in [6, 6.07) is 16.8. The quantitative estimate of drug-likeness (QED) is 0.485. The van der Waals surface area contributed by atoms with Gasteiger partial charge < -0.3 is 12.7 Å². The minimum absolute atomic E-state index is 0. The average molecular weight is 257 g/mol. The van der Waals surface area contributed by atoms with Gasteiger partial charge in [-0.25, -0.2) is 0 Å². The SMILES string of the molecule is [CH3-].[Ti+2].c1ccc2c(c1)CCc1ccccc1[N-]2. The van der Waals surface area contributed by atoms with E-state index >= 15 is 0 Å². The number of para-hydroxylation sites is 2. The van der Waals surface area contributed by atoms with Crippen LogP contribution in [0.2, 0.25) is 0 Å². The summed E-state index contributed by atoms with van der Waals surface area (Å²) >= 11 is 0. The first kappa shape index (κ1) is 14.0. The topological polar surface area (TPSA) is 14.1 Å². The summed E-state index contributed by atoms with van der Waals surface area (Å²) in [7, 11) is 0. The van der Waals surface area contributed by atoms with Crippen LogP contribution in [0.4, 0.5) is 11.4 Å². The van der Waals surface area contributed by atoms with Crippen LogP contribution in [-0.4, -0.2) is 0 Å². The van der Waals surface area contributed by atoms with Gasteiger partial charge in [0.15, 0.2) is 0 Å². The number of hydrogen-bond donors (Lipinski definition) is 0. The Morgan fingerprint density at radius 3 is 1.59 bits per heavy atom. The summed E-state index contributed by atoms with van der Waals surface area (Å²) in [5.41, 5.74) is 4.97. The molecule has 0 atom stereocenters. The van der Waals surface area contributed by atoms with Crippen molar-refractivity contribution in [3.8, 4) is 0 Å². The Hall–Kier alpha value is -1.05. The van der Waals surface area contributed by atoms with E-state index in [1.807, 2.05) is 0 Å². The molecular weight excluding hydrogens is 242 g/mol. The van der Waals surface area contributed by atoms with Crippen LogP contribution in [0.1, 0.15) is 11.1 Å². The first-order valence-corrected chi connectivity index (χ1v) is 5.31. The van der Waals surface area contributed by atoms with E-state index in [0.717, 1.165) is 24.2 Å². The van der Waals surface area contributed by atoms with Gasteiger partial charge in [-0.1, -0.05) is 59.7 Å². The van der Waals surface area contributed by atoms with Gasteiger partial charge in [0.05, 0.1) is 0 Å². The van der Waals surface area contributed by atoms with Crippen molar-refractivity contribution < 1.29 is 21.7 Å². The third kappa shape index (κ3) is 2.80. The summed E-state index contributed by atoms with van der Waals surface area (Å²) in [5.74, 6) is 0. The van der Waals surface area contributed by atoms with Crippen molar-refractivity contribution in [2.75, 3.05) is 0 Å². The van der Waals surface area contributed by atoms with E-state index in [1.54, 1.807) is 0 Å². The maximum atomic E-state index is 4.70. The molecule has 2 heteroatoms. The van der Waals surface area contributed by atoms with Gasteiger partial charge in [0, 0.05) is 0 Å². The van der Waals surface area contributed by atoms with Crippen LogP contribution in [0, 0.1) is 7.43 Å². The molecule has 0 unspecified atom stereocenters. The van der Waals surface area contributed by atoms with E-state index in [0.29, 0.717) is 0 Å². The standard InChI is InChI=1S/C14H12N.CH3.Ti/c1-3-7-13-11(5-1)9-10-12-6-2-4-8-14(12)15-13;;/h1-8H,9-10H2;1H3;/q2*-1;+2. The van der Waals surface area contributed by atoms with Crippen molar-refractivity contribution in [2.24, 2.45) is 0 Å². The van der Waals surface area contributed by atoms with E-state index in [-0.39, 0.29) is 29.1 Å². The van der Waals surface area contributed by atoms with Gasteiger partial charge in [-0.05, 0) is 12.8 Å². The van der Waals surface area contributed by atoms with E-state index in [9.17, 15) is 0 Å².